The van der Waals surface area contributed by atoms with Gasteiger partial charge in [0.25, 0.3) is 0 Å². The molecule has 0 aliphatic heterocycles. The number of halogens is 2. The second kappa shape index (κ2) is 7.31. The molecule has 0 heterocycles. The first-order valence-corrected chi connectivity index (χ1v) is 7.31. The van der Waals surface area contributed by atoms with Gasteiger partial charge in [-0.3, -0.25) is 4.79 Å². The van der Waals surface area contributed by atoms with Crippen LogP contribution in [-0.4, -0.2) is 12.5 Å². The molecule has 0 aliphatic rings. The summed E-state index contributed by atoms with van der Waals surface area (Å²) < 4.78 is 1.01. The van der Waals surface area contributed by atoms with Gasteiger partial charge in [0.1, 0.15) is 0 Å². The zero-order chi connectivity index (χ0) is 14.4. The molecule has 0 fully saturated rings. The maximum Gasteiger partial charge on any atom is 0.239 e. The van der Waals surface area contributed by atoms with Crippen LogP contribution in [-0.2, 0) is 11.3 Å². The first-order valence-electron chi connectivity index (χ1n) is 6.14. The number of benzene rings is 2. The van der Waals surface area contributed by atoms with Crippen LogP contribution < -0.4 is 10.6 Å². The van der Waals surface area contributed by atoms with Gasteiger partial charge in [0.05, 0.1) is 6.54 Å². The number of carbonyl (C=O) groups excluding carboxylic acids is 1. The van der Waals surface area contributed by atoms with E-state index in [1.54, 1.807) is 0 Å². The lowest BCUT2D eigenvalue weighted by molar-refractivity contribution is -0.119. The molecule has 0 radical (unpaired) electrons. The Balaban J connectivity index is 1.75. The van der Waals surface area contributed by atoms with Crippen molar-refractivity contribution < 1.29 is 4.79 Å². The fourth-order valence-corrected chi connectivity index (χ4v) is 2.01. The van der Waals surface area contributed by atoms with Crippen molar-refractivity contribution in [3.63, 3.8) is 0 Å². The van der Waals surface area contributed by atoms with Gasteiger partial charge in [0, 0.05) is 21.7 Å². The summed E-state index contributed by atoms with van der Waals surface area (Å²) in [4.78, 5) is 11.7. The highest BCUT2D eigenvalue weighted by Gasteiger charge is 2.01. The van der Waals surface area contributed by atoms with E-state index in [1.165, 1.54) is 0 Å². The van der Waals surface area contributed by atoms with E-state index < -0.39 is 0 Å². The number of rotatable bonds is 5. The Hall–Kier alpha value is -1.52. The minimum Gasteiger partial charge on any atom is -0.376 e. The molecule has 2 rings (SSSR count). The summed E-state index contributed by atoms with van der Waals surface area (Å²) in [5.41, 5.74) is 1.93. The van der Waals surface area contributed by atoms with Crippen LogP contribution in [0.25, 0.3) is 0 Å². The molecule has 0 atom stereocenters. The van der Waals surface area contributed by atoms with Gasteiger partial charge in [-0.2, -0.15) is 0 Å². The van der Waals surface area contributed by atoms with Crippen LogP contribution in [0.1, 0.15) is 5.56 Å². The highest BCUT2D eigenvalue weighted by molar-refractivity contribution is 9.10. The van der Waals surface area contributed by atoms with Crippen molar-refractivity contribution >= 4 is 39.1 Å². The van der Waals surface area contributed by atoms with Gasteiger partial charge in [-0.15, -0.1) is 0 Å². The molecule has 104 valence electrons. The Labute approximate surface area is 131 Å². The molecular formula is C15H14BrClN2O. The van der Waals surface area contributed by atoms with Crippen LogP contribution >= 0.6 is 27.5 Å². The molecule has 0 saturated carbocycles. The SMILES string of the molecule is O=C(CNc1ccc(Br)cc1)NCc1ccc(Cl)cc1. The van der Waals surface area contributed by atoms with Crippen molar-refractivity contribution in [3.8, 4) is 0 Å². The Morgan fingerprint density at radius 1 is 1.05 bits per heavy atom. The number of hydrogen-bond donors (Lipinski definition) is 2. The van der Waals surface area contributed by atoms with E-state index in [0.29, 0.717) is 11.6 Å². The molecule has 2 aromatic rings. The molecule has 2 aromatic carbocycles. The molecule has 20 heavy (non-hydrogen) atoms. The molecule has 0 unspecified atom stereocenters. The summed E-state index contributed by atoms with van der Waals surface area (Å²) in [7, 11) is 0. The Kier molecular flexibility index (Phi) is 5.44. The second-order valence-corrected chi connectivity index (χ2v) is 5.62. The average Bonchev–Trinajstić information content (AvgIpc) is 2.46. The topological polar surface area (TPSA) is 41.1 Å². The molecule has 0 aromatic heterocycles. The average molecular weight is 354 g/mol. The monoisotopic (exact) mass is 352 g/mol. The summed E-state index contributed by atoms with van der Waals surface area (Å²) in [5.74, 6) is -0.0529. The lowest BCUT2D eigenvalue weighted by atomic mass is 10.2. The van der Waals surface area contributed by atoms with E-state index in [1.807, 2.05) is 48.5 Å². The van der Waals surface area contributed by atoms with Crippen LogP contribution in [0.3, 0.4) is 0 Å². The van der Waals surface area contributed by atoms with Gasteiger partial charge in [-0.05, 0) is 42.0 Å². The van der Waals surface area contributed by atoms with Gasteiger partial charge in [0.15, 0.2) is 0 Å². The standard InChI is InChI=1S/C15H14BrClN2O/c16-12-3-7-14(8-4-12)18-10-15(20)19-9-11-1-5-13(17)6-2-11/h1-8,18H,9-10H2,(H,19,20). The second-order valence-electron chi connectivity index (χ2n) is 4.26. The van der Waals surface area contributed by atoms with E-state index in [0.717, 1.165) is 15.7 Å². The van der Waals surface area contributed by atoms with E-state index in [-0.39, 0.29) is 12.5 Å². The summed E-state index contributed by atoms with van der Waals surface area (Å²) in [6.07, 6.45) is 0. The zero-order valence-corrected chi connectivity index (χ0v) is 13.0. The van der Waals surface area contributed by atoms with Crippen molar-refractivity contribution in [2.75, 3.05) is 11.9 Å². The summed E-state index contributed by atoms with van der Waals surface area (Å²) in [6.45, 7) is 0.743. The predicted octanol–water partition coefficient (Wildman–Crippen LogP) is 3.83. The molecule has 5 heteroatoms. The Morgan fingerprint density at radius 2 is 1.70 bits per heavy atom. The van der Waals surface area contributed by atoms with E-state index in [4.69, 9.17) is 11.6 Å². The first-order chi connectivity index (χ1) is 9.63. The maximum absolute atomic E-state index is 11.7. The number of carbonyl (C=O) groups is 1. The van der Waals surface area contributed by atoms with Crippen molar-refractivity contribution in [3.05, 3.63) is 63.6 Å². The summed E-state index contributed by atoms with van der Waals surface area (Å²) >= 11 is 9.17. The van der Waals surface area contributed by atoms with Crippen LogP contribution in [0.4, 0.5) is 5.69 Å². The molecular weight excluding hydrogens is 340 g/mol. The van der Waals surface area contributed by atoms with E-state index >= 15 is 0 Å². The van der Waals surface area contributed by atoms with Crippen LogP contribution in [0.2, 0.25) is 5.02 Å². The lowest BCUT2D eigenvalue weighted by Crippen LogP contribution is -2.29. The molecule has 0 saturated heterocycles. The van der Waals surface area contributed by atoms with Crippen molar-refractivity contribution in [1.82, 2.24) is 5.32 Å². The van der Waals surface area contributed by atoms with Gasteiger partial charge in [0.2, 0.25) is 5.91 Å². The number of nitrogens with one attached hydrogen (secondary N) is 2. The van der Waals surface area contributed by atoms with Gasteiger partial charge >= 0.3 is 0 Å². The molecule has 3 nitrogen and oxygen atoms in total. The fourth-order valence-electron chi connectivity index (χ4n) is 1.62. The molecule has 0 spiro atoms. The predicted molar refractivity (Wildman–Crippen MR) is 85.9 cm³/mol. The third-order valence-electron chi connectivity index (χ3n) is 2.70. The molecule has 1 amide bonds. The third-order valence-corrected chi connectivity index (χ3v) is 3.48. The normalized spacial score (nSPS) is 10.1. The van der Waals surface area contributed by atoms with Crippen LogP contribution in [0.15, 0.2) is 53.0 Å². The van der Waals surface area contributed by atoms with Crippen molar-refractivity contribution in [1.29, 1.82) is 0 Å². The first kappa shape index (κ1) is 14.9. The van der Waals surface area contributed by atoms with Gasteiger partial charge < -0.3 is 10.6 Å². The minimum absolute atomic E-state index is 0.0529. The maximum atomic E-state index is 11.7. The lowest BCUT2D eigenvalue weighted by Gasteiger charge is -2.08. The zero-order valence-electron chi connectivity index (χ0n) is 10.7. The number of anilines is 1. The molecule has 0 bridgehead atoms. The summed E-state index contributed by atoms with van der Waals surface area (Å²) in [5, 5.41) is 6.60. The van der Waals surface area contributed by atoms with Gasteiger partial charge in [-0.1, -0.05) is 39.7 Å². The highest BCUT2D eigenvalue weighted by atomic mass is 79.9. The Bertz CT molecular complexity index is 518. The fraction of sp³-hybridized carbons (Fsp3) is 0.133. The van der Waals surface area contributed by atoms with Crippen molar-refractivity contribution in [2.45, 2.75) is 6.54 Å². The number of hydrogen-bond acceptors (Lipinski definition) is 2. The van der Waals surface area contributed by atoms with Crippen LogP contribution in [0.5, 0.6) is 0 Å². The highest BCUT2D eigenvalue weighted by Crippen LogP contribution is 2.13. The molecule has 0 aliphatic carbocycles. The van der Waals surface area contributed by atoms with E-state index in [2.05, 4.69) is 26.6 Å². The third kappa shape index (κ3) is 4.87. The number of amides is 1. The van der Waals surface area contributed by atoms with Gasteiger partial charge in [-0.25, -0.2) is 0 Å². The minimum atomic E-state index is -0.0529. The summed E-state index contributed by atoms with van der Waals surface area (Å²) in [6, 6.07) is 15.1. The van der Waals surface area contributed by atoms with Crippen molar-refractivity contribution in [2.24, 2.45) is 0 Å². The smallest absolute Gasteiger partial charge is 0.239 e. The largest absolute Gasteiger partial charge is 0.376 e. The molecule has 2 N–H and O–H groups in total. The Morgan fingerprint density at radius 3 is 2.35 bits per heavy atom. The van der Waals surface area contributed by atoms with Crippen LogP contribution in [0, 0.1) is 0 Å². The van der Waals surface area contributed by atoms with E-state index in [9.17, 15) is 4.79 Å². The quantitative estimate of drug-likeness (QED) is 0.857.